The lowest BCUT2D eigenvalue weighted by molar-refractivity contribution is -0.129. The summed E-state index contributed by atoms with van der Waals surface area (Å²) in [4.78, 5) is 46.8. The van der Waals surface area contributed by atoms with Crippen molar-refractivity contribution in [3.63, 3.8) is 0 Å². The molecule has 6 aliphatic rings. The summed E-state index contributed by atoms with van der Waals surface area (Å²) in [6.07, 6.45) is 29.9. The van der Waals surface area contributed by atoms with Crippen LogP contribution in [0, 0.1) is 0 Å². The van der Waals surface area contributed by atoms with Crippen molar-refractivity contribution in [1.82, 2.24) is 25.8 Å². The van der Waals surface area contributed by atoms with Gasteiger partial charge in [0, 0.05) is 25.2 Å². The van der Waals surface area contributed by atoms with Gasteiger partial charge in [0.1, 0.15) is 6.04 Å². The Bertz CT molecular complexity index is 1710. The third kappa shape index (κ3) is 11.8. The third-order valence-electron chi connectivity index (χ3n) is 15.1. The van der Waals surface area contributed by atoms with Crippen molar-refractivity contribution in [2.45, 2.75) is 215 Å². The molecule has 61 heavy (non-hydrogen) atoms. The molecule has 8 rings (SSSR count). The molecule has 0 radical (unpaired) electrons. The molecule has 1 amide bonds. The van der Waals surface area contributed by atoms with Crippen molar-refractivity contribution in [3.8, 4) is 0 Å². The molecule has 0 bridgehead atoms. The van der Waals surface area contributed by atoms with Crippen LogP contribution in [0.1, 0.15) is 190 Å². The zero-order valence-electron chi connectivity index (χ0n) is 37.3. The van der Waals surface area contributed by atoms with Crippen LogP contribution in [0.2, 0.25) is 0 Å². The Kier molecular flexibility index (Phi) is 16.1. The third-order valence-corrected chi connectivity index (χ3v) is 15.1. The quantitative estimate of drug-likeness (QED) is 0.154. The van der Waals surface area contributed by atoms with E-state index in [4.69, 9.17) is 9.98 Å². The van der Waals surface area contributed by atoms with Gasteiger partial charge in [0.15, 0.2) is 17.7 Å². The second kappa shape index (κ2) is 22.5. The first-order valence-electron chi connectivity index (χ1n) is 25.3. The molecule has 332 valence electrons. The Balaban J connectivity index is 1.12. The van der Waals surface area contributed by atoms with Gasteiger partial charge in [-0.3, -0.25) is 9.59 Å². The van der Waals surface area contributed by atoms with Crippen molar-refractivity contribution in [3.05, 3.63) is 71.8 Å². The van der Waals surface area contributed by atoms with Gasteiger partial charge in [-0.2, -0.15) is 0 Å². The summed E-state index contributed by atoms with van der Waals surface area (Å²) < 4.78 is 0. The number of hydrogen-bond donors (Lipinski definition) is 3. The van der Waals surface area contributed by atoms with Crippen LogP contribution in [-0.2, 0) is 9.59 Å². The molecular formula is C52H77N7O2. The zero-order chi connectivity index (χ0) is 41.6. The van der Waals surface area contributed by atoms with Gasteiger partial charge in [0.05, 0.1) is 30.1 Å². The summed E-state index contributed by atoms with van der Waals surface area (Å²) in [5, 5.41) is 11.6. The summed E-state index contributed by atoms with van der Waals surface area (Å²) in [6.45, 7) is 1.63. The Labute approximate surface area is 367 Å². The number of nitrogens with one attached hydrogen (secondary N) is 3. The first-order chi connectivity index (χ1) is 30.1. The molecule has 4 saturated carbocycles. The van der Waals surface area contributed by atoms with E-state index in [1.165, 1.54) is 77.0 Å². The highest BCUT2D eigenvalue weighted by Gasteiger charge is 2.43. The number of likely N-dealkylation sites (tertiary alicyclic amines) is 2. The van der Waals surface area contributed by atoms with E-state index in [0.29, 0.717) is 24.2 Å². The van der Waals surface area contributed by atoms with Gasteiger partial charge in [-0.25, -0.2) is 9.98 Å². The smallest absolute Gasteiger partial charge is 0.243 e. The summed E-state index contributed by atoms with van der Waals surface area (Å²) >= 11 is 0. The summed E-state index contributed by atoms with van der Waals surface area (Å²) in [6, 6.07) is 20.8. The fraction of sp³-hybridized carbons (Fsp3) is 0.692. The second-order valence-electron chi connectivity index (χ2n) is 19.5. The van der Waals surface area contributed by atoms with E-state index in [0.717, 1.165) is 126 Å². The summed E-state index contributed by atoms with van der Waals surface area (Å²) in [7, 11) is 0. The molecule has 3 N–H and O–H groups in total. The van der Waals surface area contributed by atoms with Gasteiger partial charge in [0.2, 0.25) is 5.91 Å². The lowest BCUT2D eigenvalue weighted by atomic mass is 9.79. The van der Waals surface area contributed by atoms with Crippen LogP contribution >= 0.6 is 0 Å². The van der Waals surface area contributed by atoms with Gasteiger partial charge in [-0.1, -0.05) is 138 Å². The predicted octanol–water partition coefficient (Wildman–Crippen LogP) is 10.1. The zero-order valence-corrected chi connectivity index (χ0v) is 37.3. The molecule has 2 aromatic carbocycles. The van der Waals surface area contributed by atoms with E-state index in [9.17, 15) is 0 Å². The first kappa shape index (κ1) is 43.8. The number of hydrogen-bond acceptors (Lipinski definition) is 4. The molecule has 2 saturated heterocycles. The van der Waals surface area contributed by atoms with Crippen LogP contribution in [0.4, 0.5) is 0 Å². The van der Waals surface area contributed by atoms with Crippen molar-refractivity contribution in [2.24, 2.45) is 9.98 Å². The molecule has 2 aliphatic heterocycles. The lowest BCUT2D eigenvalue weighted by Gasteiger charge is -2.42. The van der Waals surface area contributed by atoms with Crippen molar-refractivity contribution in [1.29, 1.82) is 0 Å². The molecule has 0 aromatic heterocycles. The van der Waals surface area contributed by atoms with E-state index in [1.54, 1.807) is 0 Å². The number of amides is 1. The van der Waals surface area contributed by atoms with Crippen LogP contribution in [0.25, 0.3) is 0 Å². The summed E-state index contributed by atoms with van der Waals surface area (Å²) in [5.41, 5.74) is 1.92. The van der Waals surface area contributed by atoms with E-state index < -0.39 is 12.0 Å². The molecule has 2 aromatic rings. The van der Waals surface area contributed by atoms with Gasteiger partial charge >= 0.3 is 0 Å². The van der Waals surface area contributed by atoms with E-state index >= 15 is 9.59 Å². The lowest BCUT2D eigenvalue weighted by Crippen LogP contribution is -2.59. The second-order valence-corrected chi connectivity index (χ2v) is 19.5. The summed E-state index contributed by atoms with van der Waals surface area (Å²) in [5.74, 6) is 1.51. The minimum absolute atomic E-state index is 0.00286. The SMILES string of the molecule is O=C(N[C@H](c1ccccc1)[C@H](C(=O)[C@@H]1CCCCN1C(=NC1CCCCC1)NC1CCCCC1)c1ccccc1)[C@@H]1CCCCN1C(=NC1CCCCC1)NC1CCCCC1. The normalized spacial score (nSPS) is 25.7. The standard InChI is InChI=1S/C52H77N7O2/c60-49(45-35-19-21-37-58(45)51(53-41-27-11-3-12-28-41)54-42-29-13-4-14-30-42)47(39-23-7-1-8-24-39)48(40-25-9-2-10-26-40)57-50(61)46-36-20-22-38-59(46)52(55-43-31-15-5-16-32-43)56-44-33-17-6-18-34-44/h1-2,7-10,23-26,41-48H,3-6,11-22,27-38H2,(H,53,54)(H,55,56)(H,57,61)/t45-,46-,47+,48+/m0/s1. The number of piperidine rings is 2. The fourth-order valence-corrected chi connectivity index (χ4v) is 11.6. The molecule has 4 atom stereocenters. The van der Waals surface area contributed by atoms with Crippen molar-refractivity contribution in [2.75, 3.05) is 13.1 Å². The van der Waals surface area contributed by atoms with Crippen LogP contribution < -0.4 is 16.0 Å². The van der Waals surface area contributed by atoms with Gasteiger partial charge in [-0.05, 0) is 101 Å². The highest BCUT2D eigenvalue weighted by Crippen LogP contribution is 2.37. The fourth-order valence-electron chi connectivity index (χ4n) is 11.6. The van der Waals surface area contributed by atoms with Crippen LogP contribution in [0.3, 0.4) is 0 Å². The number of carbonyl (C=O) groups excluding carboxylic acids is 2. The first-order valence-corrected chi connectivity index (χ1v) is 25.3. The Hall–Kier alpha value is -3.88. The molecule has 0 spiro atoms. The maximum Gasteiger partial charge on any atom is 0.243 e. The molecule has 0 unspecified atom stereocenters. The number of ketones is 1. The van der Waals surface area contributed by atoms with E-state index in [-0.39, 0.29) is 23.8 Å². The van der Waals surface area contributed by atoms with E-state index in [1.807, 2.05) is 36.4 Å². The average Bonchev–Trinajstić information content (AvgIpc) is 3.33. The monoisotopic (exact) mass is 832 g/mol. The minimum atomic E-state index is -0.573. The average molecular weight is 832 g/mol. The largest absolute Gasteiger partial charge is 0.353 e. The molecular weight excluding hydrogens is 755 g/mol. The molecule has 4 aliphatic carbocycles. The molecule has 9 heteroatoms. The highest BCUT2D eigenvalue weighted by molar-refractivity contribution is 5.96. The van der Waals surface area contributed by atoms with Gasteiger partial charge < -0.3 is 25.8 Å². The number of Topliss-reactive ketones (excluding diaryl/α,β-unsaturated/α-hetero) is 1. The molecule has 9 nitrogen and oxygen atoms in total. The molecule has 6 fully saturated rings. The Morgan fingerprint density at radius 2 is 0.885 bits per heavy atom. The predicted molar refractivity (Wildman–Crippen MR) is 249 cm³/mol. The topological polar surface area (TPSA) is 101 Å². The van der Waals surface area contributed by atoms with Crippen LogP contribution in [0.5, 0.6) is 0 Å². The van der Waals surface area contributed by atoms with Crippen molar-refractivity contribution >= 4 is 23.6 Å². The maximum atomic E-state index is 15.9. The van der Waals surface area contributed by atoms with Crippen LogP contribution in [-0.4, -0.2) is 82.7 Å². The number of guanidine groups is 2. The number of benzene rings is 2. The van der Waals surface area contributed by atoms with Gasteiger partial charge in [-0.15, -0.1) is 0 Å². The number of carbonyl (C=O) groups is 2. The van der Waals surface area contributed by atoms with E-state index in [2.05, 4.69) is 50.0 Å². The Morgan fingerprint density at radius 3 is 1.38 bits per heavy atom. The Morgan fingerprint density at radius 1 is 0.475 bits per heavy atom. The van der Waals surface area contributed by atoms with Gasteiger partial charge in [0.25, 0.3) is 0 Å². The van der Waals surface area contributed by atoms with Crippen LogP contribution in [0.15, 0.2) is 70.6 Å². The minimum Gasteiger partial charge on any atom is -0.353 e. The highest BCUT2D eigenvalue weighted by atomic mass is 16.2. The number of rotatable bonds is 11. The maximum absolute atomic E-state index is 15.9. The number of aliphatic imine (C=N–C) groups is 2. The van der Waals surface area contributed by atoms with Crippen molar-refractivity contribution < 1.29 is 9.59 Å². The number of nitrogens with zero attached hydrogens (tertiary/aromatic N) is 4. The molecule has 2 heterocycles.